The van der Waals surface area contributed by atoms with E-state index >= 15 is 0 Å². The fourth-order valence-electron chi connectivity index (χ4n) is 3.91. The molecule has 0 radical (unpaired) electrons. The lowest BCUT2D eigenvalue weighted by Crippen LogP contribution is -2.55. The van der Waals surface area contributed by atoms with Crippen LogP contribution in [0.3, 0.4) is 0 Å². The number of nitrogens with one attached hydrogen (secondary N) is 1. The molecule has 0 fully saturated rings. The van der Waals surface area contributed by atoms with Crippen molar-refractivity contribution in [3.05, 3.63) is 77.1 Å². The van der Waals surface area contributed by atoms with Crippen LogP contribution in [0.4, 0.5) is 4.39 Å². The van der Waals surface area contributed by atoms with Gasteiger partial charge in [-0.2, -0.15) is 8.42 Å². The minimum Gasteiger partial charge on any atom is -0.467 e. The van der Waals surface area contributed by atoms with Gasteiger partial charge in [0, 0.05) is 29.1 Å². The summed E-state index contributed by atoms with van der Waals surface area (Å²) >= 11 is 1.45. The molecule has 1 heterocycles. The van der Waals surface area contributed by atoms with Crippen molar-refractivity contribution in [2.24, 2.45) is 0 Å². The van der Waals surface area contributed by atoms with Gasteiger partial charge in [0.05, 0.1) is 13.0 Å². The molecule has 0 aliphatic rings. The van der Waals surface area contributed by atoms with Crippen molar-refractivity contribution >= 4 is 39.1 Å². The van der Waals surface area contributed by atoms with Crippen LogP contribution in [0.2, 0.25) is 0 Å². The first-order valence-electron chi connectivity index (χ1n) is 11.0. The number of amides is 1. The molecule has 0 aliphatic heterocycles. The number of carbonyl (C=O) groups excluding carboxylic acids is 3. The number of thiazole rings is 1. The second-order valence-corrected chi connectivity index (χ2v) is 11.1. The summed E-state index contributed by atoms with van der Waals surface area (Å²) in [7, 11) is -4.11. The van der Waals surface area contributed by atoms with E-state index in [-0.39, 0.29) is 6.42 Å². The van der Waals surface area contributed by atoms with Gasteiger partial charge in [-0.25, -0.2) is 14.2 Å². The third kappa shape index (κ3) is 5.92. The zero-order valence-electron chi connectivity index (χ0n) is 20.2. The van der Waals surface area contributed by atoms with Crippen LogP contribution in [-0.4, -0.2) is 53.5 Å². The Morgan fingerprint density at radius 1 is 1.16 bits per heavy atom. The van der Waals surface area contributed by atoms with Crippen molar-refractivity contribution in [3.8, 4) is 10.6 Å². The summed E-state index contributed by atoms with van der Waals surface area (Å²) in [6.45, 7) is 1.71. The van der Waals surface area contributed by atoms with Gasteiger partial charge < -0.3 is 10.1 Å². The summed E-state index contributed by atoms with van der Waals surface area (Å²) in [4.78, 5) is 42.8. The fourth-order valence-corrected chi connectivity index (χ4v) is 5.45. The number of aromatic nitrogens is 1. The number of Topliss-reactive ketones (excluding diaryl/α,β-unsaturated/α-hetero) is 1. The highest BCUT2D eigenvalue weighted by Gasteiger charge is 2.54. The zero-order chi connectivity index (χ0) is 27.4. The first-order valence-corrected chi connectivity index (χ1v) is 13.3. The number of esters is 1. The zero-order valence-corrected chi connectivity index (χ0v) is 21.8. The average Bonchev–Trinajstić information content (AvgIpc) is 3.39. The van der Waals surface area contributed by atoms with Crippen molar-refractivity contribution in [2.75, 3.05) is 7.11 Å². The van der Waals surface area contributed by atoms with Crippen molar-refractivity contribution in [2.45, 2.75) is 37.0 Å². The quantitative estimate of drug-likeness (QED) is 0.291. The van der Waals surface area contributed by atoms with Crippen LogP contribution in [0.5, 0.6) is 0 Å². The van der Waals surface area contributed by atoms with Gasteiger partial charge in [0.1, 0.15) is 16.9 Å². The SMILES string of the molecule is COC(=O)[C@H](Cc1ccc(-c2nccs2)cc1)NC(=O)C(c1ccccc1F)C(C)(C(C)=O)S(=O)(=O)O. The number of rotatable bonds is 10. The number of methoxy groups -OCH3 is 1. The highest BCUT2D eigenvalue weighted by atomic mass is 32.2. The van der Waals surface area contributed by atoms with Crippen LogP contribution in [0, 0.1) is 5.82 Å². The second-order valence-electron chi connectivity index (χ2n) is 8.42. The van der Waals surface area contributed by atoms with Gasteiger partial charge >= 0.3 is 5.97 Å². The maximum Gasteiger partial charge on any atom is 0.328 e. The third-order valence-corrected chi connectivity index (χ3v) is 8.56. The molecule has 196 valence electrons. The highest BCUT2D eigenvalue weighted by Crippen LogP contribution is 2.37. The molecule has 0 saturated carbocycles. The Bertz CT molecular complexity index is 1390. The van der Waals surface area contributed by atoms with Gasteiger partial charge in [-0.3, -0.25) is 14.1 Å². The summed E-state index contributed by atoms with van der Waals surface area (Å²) in [5.41, 5.74) is 1.04. The Hall–Kier alpha value is -3.48. The molecular formula is C25H25FN2O7S2. The van der Waals surface area contributed by atoms with Gasteiger partial charge in [-0.1, -0.05) is 42.5 Å². The Labute approximate surface area is 217 Å². The van der Waals surface area contributed by atoms with Crippen LogP contribution in [0.15, 0.2) is 60.1 Å². The number of ether oxygens (including phenoxy) is 1. The van der Waals surface area contributed by atoms with E-state index in [9.17, 15) is 31.7 Å². The lowest BCUT2D eigenvalue weighted by Gasteiger charge is -2.33. The van der Waals surface area contributed by atoms with Crippen LogP contribution < -0.4 is 5.32 Å². The standard InChI is InChI=1S/C25H25FN2O7S2/c1-15(29)25(2,37(32,33)34)21(18-6-4-5-7-19(18)26)22(30)28-20(24(31)35-3)14-16-8-10-17(11-9-16)23-27-12-13-36-23/h4-13,20-21H,14H2,1-3H3,(H,28,30)(H,32,33,34)/t20-,21?,25?/m0/s1. The largest absolute Gasteiger partial charge is 0.467 e. The predicted molar refractivity (Wildman–Crippen MR) is 135 cm³/mol. The number of carbonyl (C=O) groups is 3. The lowest BCUT2D eigenvalue weighted by molar-refractivity contribution is -0.145. The van der Waals surface area contributed by atoms with Crippen LogP contribution in [0.25, 0.3) is 10.6 Å². The van der Waals surface area contributed by atoms with E-state index in [1.54, 1.807) is 30.5 Å². The van der Waals surface area contributed by atoms with Crippen LogP contribution >= 0.6 is 11.3 Å². The first-order chi connectivity index (χ1) is 17.4. The minimum absolute atomic E-state index is 0.0524. The second kappa shape index (κ2) is 11.3. The maximum absolute atomic E-state index is 14.8. The van der Waals surface area contributed by atoms with E-state index in [0.29, 0.717) is 5.56 Å². The average molecular weight is 549 g/mol. The highest BCUT2D eigenvalue weighted by molar-refractivity contribution is 7.88. The van der Waals surface area contributed by atoms with Gasteiger partial charge in [-0.05, 0) is 25.5 Å². The molecule has 0 aliphatic carbocycles. The molecular weight excluding hydrogens is 523 g/mol. The lowest BCUT2D eigenvalue weighted by atomic mass is 9.82. The van der Waals surface area contributed by atoms with Crippen molar-refractivity contribution in [3.63, 3.8) is 0 Å². The Kier molecular flexibility index (Phi) is 8.57. The summed E-state index contributed by atoms with van der Waals surface area (Å²) in [6.07, 6.45) is 1.62. The van der Waals surface area contributed by atoms with Crippen molar-refractivity contribution < 1.29 is 36.5 Å². The van der Waals surface area contributed by atoms with E-state index in [4.69, 9.17) is 4.74 Å². The molecule has 1 amide bonds. The van der Waals surface area contributed by atoms with Gasteiger partial charge in [0.15, 0.2) is 10.5 Å². The topological polar surface area (TPSA) is 140 Å². The molecule has 2 unspecified atom stereocenters. The Balaban J connectivity index is 1.98. The molecule has 2 aromatic carbocycles. The van der Waals surface area contributed by atoms with E-state index in [0.717, 1.165) is 43.7 Å². The smallest absolute Gasteiger partial charge is 0.328 e. The van der Waals surface area contributed by atoms with Crippen molar-refractivity contribution in [1.29, 1.82) is 0 Å². The van der Waals surface area contributed by atoms with Gasteiger partial charge in [0.2, 0.25) is 5.91 Å². The number of halogens is 1. The Morgan fingerprint density at radius 3 is 2.32 bits per heavy atom. The van der Waals surface area contributed by atoms with E-state index < -0.39 is 55.9 Å². The normalized spacial score (nSPS) is 14.7. The predicted octanol–water partition coefficient (Wildman–Crippen LogP) is 3.17. The molecule has 0 spiro atoms. The Morgan fingerprint density at radius 2 is 1.81 bits per heavy atom. The van der Waals surface area contributed by atoms with Crippen molar-refractivity contribution in [1.82, 2.24) is 10.3 Å². The molecule has 1 aromatic heterocycles. The number of hydrogen-bond donors (Lipinski definition) is 2. The number of ketones is 1. The molecule has 2 N–H and O–H groups in total. The van der Waals surface area contributed by atoms with Gasteiger partial charge in [-0.15, -0.1) is 11.3 Å². The van der Waals surface area contributed by atoms with E-state index in [1.165, 1.54) is 23.5 Å². The molecule has 9 nitrogen and oxygen atoms in total. The monoisotopic (exact) mass is 548 g/mol. The molecule has 0 bridgehead atoms. The summed E-state index contributed by atoms with van der Waals surface area (Å²) < 4.78 is 51.5. The van der Waals surface area contributed by atoms with E-state index in [1.807, 2.05) is 5.38 Å². The van der Waals surface area contributed by atoms with E-state index in [2.05, 4.69) is 10.3 Å². The number of nitrogens with zero attached hydrogens (tertiary/aromatic N) is 1. The summed E-state index contributed by atoms with van der Waals surface area (Å²) in [6, 6.07) is 10.5. The minimum atomic E-state index is -5.22. The number of hydrogen-bond acceptors (Lipinski definition) is 8. The summed E-state index contributed by atoms with van der Waals surface area (Å²) in [5, 5.41) is 5.03. The molecule has 3 atom stereocenters. The maximum atomic E-state index is 14.8. The molecule has 3 rings (SSSR count). The molecule has 0 saturated heterocycles. The van der Waals surface area contributed by atoms with Crippen LogP contribution in [0.1, 0.15) is 30.9 Å². The van der Waals surface area contributed by atoms with Gasteiger partial charge in [0.25, 0.3) is 10.1 Å². The summed E-state index contributed by atoms with van der Waals surface area (Å²) in [5.74, 6) is -6.08. The number of benzene rings is 2. The first kappa shape index (κ1) is 28.1. The van der Waals surface area contributed by atoms with Crippen LogP contribution in [-0.2, 0) is 35.7 Å². The molecule has 12 heteroatoms. The third-order valence-electron chi connectivity index (χ3n) is 6.14. The fraction of sp³-hybridized carbons (Fsp3) is 0.280. The molecule has 3 aromatic rings. The molecule has 37 heavy (non-hydrogen) atoms.